The van der Waals surface area contributed by atoms with Crippen LogP contribution in [0.25, 0.3) is 0 Å². The fourth-order valence-electron chi connectivity index (χ4n) is 4.59. The average molecular weight is 180 g/mol. The summed E-state index contributed by atoms with van der Waals surface area (Å²) in [6, 6.07) is 0. The molecule has 0 aromatic heterocycles. The van der Waals surface area contributed by atoms with Crippen molar-refractivity contribution in [1.82, 2.24) is 0 Å². The van der Waals surface area contributed by atoms with Crippen molar-refractivity contribution >= 4 is 0 Å². The summed E-state index contributed by atoms with van der Waals surface area (Å²) in [6.45, 7) is 2.43. The van der Waals surface area contributed by atoms with Crippen LogP contribution in [0, 0.1) is 29.6 Å². The molecule has 0 amide bonds. The van der Waals surface area contributed by atoms with Crippen LogP contribution in [-0.4, -0.2) is 11.2 Å². The lowest BCUT2D eigenvalue weighted by molar-refractivity contribution is 0.00105. The predicted molar refractivity (Wildman–Crippen MR) is 52.2 cm³/mol. The first-order valence-corrected chi connectivity index (χ1v) is 5.93. The van der Waals surface area contributed by atoms with Crippen LogP contribution in [0.4, 0.5) is 0 Å². The molecule has 74 valence electrons. The molecule has 1 N–H and O–H groups in total. The van der Waals surface area contributed by atoms with E-state index in [4.69, 9.17) is 0 Å². The van der Waals surface area contributed by atoms with Crippen molar-refractivity contribution in [1.29, 1.82) is 0 Å². The third kappa shape index (κ3) is 1.09. The van der Waals surface area contributed by atoms with Crippen LogP contribution in [0.5, 0.6) is 0 Å². The molecule has 0 aromatic carbocycles. The van der Waals surface area contributed by atoms with E-state index in [-0.39, 0.29) is 6.10 Å². The lowest BCUT2D eigenvalue weighted by Crippen LogP contribution is -2.41. The summed E-state index contributed by atoms with van der Waals surface area (Å²) in [5.41, 5.74) is 0. The summed E-state index contributed by atoms with van der Waals surface area (Å²) < 4.78 is 0. The van der Waals surface area contributed by atoms with Gasteiger partial charge in [-0.25, -0.2) is 0 Å². The first-order chi connectivity index (χ1) is 6.25. The Hall–Kier alpha value is -0.0400. The van der Waals surface area contributed by atoms with Crippen LogP contribution in [0.1, 0.15) is 39.0 Å². The first-order valence-electron chi connectivity index (χ1n) is 5.93. The van der Waals surface area contributed by atoms with Crippen molar-refractivity contribution in [2.45, 2.75) is 45.1 Å². The van der Waals surface area contributed by atoms with E-state index in [0.717, 1.165) is 42.4 Å². The van der Waals surface area contributed by atoms with Crippen LogP contribution < -0.4 is 0 Å². The summed E-state index contributed by atoms with van der Waals surface area (Å²) in [5, 5.41) is 9.71. The summed E-state index contributed by atoms with van der Waals surface area (Å²) in [7, 11) is 0. The smallest absolute Gasteiger partial charge is 0.0546 e. The maximum atomic E-state index is 9.71. The van der Waals surface area contributed by atoms with Gasteiger partial charge in [0, 0.05) is 0 Å². The van der Waals surface area contributed by atoms with Gasteiger partial charge < -0.3 is 5.11 Å². The molecule has 0 spiro atoms. The van der Waals surface area contributed by atoms with E-state index in [1.807, 2.05) is 0 Å². The Labute approximate surface area is 80.5 Å². The Bertz CT molecular complexity index is 211. The Morgan fingerprint density at radius 2 is 1.69 bits per heavy atom. The molecule has 4 saturated carbocycles. The SMILES string of the molecule is C[C@@H]1CC2CC[C@H]1C1CC(O)CC21. The topological polar surface area (TPSA) is 20.2 Å². The van der Waals surface area contributed by atoms with Gasteiger partial charge in [-0.2, -0.15) is 0 Å². The monoisotopic (exact) mass is 180 g/mol. The van der Waals surface area contributed by atoms with Crippen LogP contribution in [0.2, 0.25) is 0 Å². The van der Waals surface area contributed by atoms with Crippen molar-refractivity contribution in [2.75, 3.05) is 0 Å². The molecule has 2 bridgehead atoms. The molecule has 0 aliphatic heterocycles. The molecule has 0 aromatic rings. The van der Waals surface area contributed by atoms with Gasteiger partial charge in [0.25, 0.3) is 0 Å². The Morgan fingerprint density at radius 3 is 2.46 bits per heavy atom. The number of aliphatic hydroxyl groups is 1. The highest BCUT2D eigenvalue weighted by Gasteiger charge is 2.50. The van der Waals surface area contributed by atoms with E-state index in [9.17, 15) is 5.11 Å². The Morgan fingerprint density at radius 1 is 0.923 bits per heavy atom. The molecule has 4 rings (SSSR count). The molecular formula is C12H20O. The molecule has 4 unspecified atom stereocenters. The molecule has 6 atom stereocenters. The van der Waals surface area contributed by atoms with E-state index >= 15 is 0 Å². The number of fused-ring (bicyclic) bond motifs is 2. The minimum absolute atomic E-state index is 0.0448. The van der Waals surface area contributed by atoms with Gasteiger partial charge in [-0.05, 0) is 61.7 Å². The number of rotatable bonds is 0. The molecule has 1 heteroatoms. The highest BCUT2D eigenvalue weighted by atomic mass is 16.3. The van der Waals surface area contributed by atoms with Gasteiger partial charge in [0.1, 0.15) is 0 Å². The molecule has 1 nitrogen and oxygen atoms in total. The van der Waals surface area contributed by atoms with E-state index in [0.29, 0.717) is 0 Å². The van der Waals surface area contributed by atoms with Crippen molar-refractivity contribution in [3.63, 3.8) is 0 Å². The summed E-state index contributed by atoms with van der Waals surface area (Å²) >= 11 is 0. The fraction of sp³-hybridized carbons (Fsp3) is 1.00. The summed E-state index contributed by atoms with van der Waals surface area (Å²) in [5.74, 6) is 4.70. The van der Waals surface area contributed by atoms with Gasteiger partial charge in [0.15, 0.2) is 0 Å². The van der Waals surface area contributed by atoms with Crippen LogP contribution in [-0.2, 0) is 0 Å². The molecule has 4 aliphatic rings. The largest absolute Gasteiger partial charge is 0.393 e. The molecule has 0 saturated heterocycles. The minimum Gasteiger partial charge on any atom is -0.393 e. The van der Waals surface area contributed by atoms with Gasteiger partial charge in [0.05, 0.1) is 6.10 Å². The minimum atomic E-state index is 0.0448. The number of hydrogen-bond donors (Lipinski definition) is 1. The van der Waals surface area contributed by atoms with E-state index < -0.39 is 0 Å². The Balaban J connectivity index is 1.87. The molecule has 0 radical (unpaired) electrons. The van der Waals surface area contributed by atoms with E-state index in [2.05, 4.69) is 6.92 Å². The summed E-state index contributed by atoms with van der Waals surface area (Å²) in [4.78, 5) is 0. The van der Waals surface area contributed by atoms with Crippen LogP contribution in [0.15, 0.2) is 0 Å². The van der Waals surface area contributed by atoms with Gasteiger partial charge in [0.2, 0.25) is 0 Å². The molecule has 13 heavy (non-hydrogen) atoms. The molecular weight excluding hydrogens is 160 g/mol. The van der Waals surface area contributed by atoms with E-state index in [1.54, 1.807) is 0 Å². The van der Waals surface area contributed by atoms with Crippen molar-refractivity contribution in [3.8, 4) is 0 Å². The van der Waals surface area contributed by atoms with Crippen molar-refractivity contribution < 1.29 is 5.11 Å². The second kappa shape index (κ2) is 2.73. The normalized spacial score (nSPS) is 59.5. The second-order valence-corrected chi connectivity index (χ2v) is 5.67. The van der Waals surface area contributed by atoms with E-state index in [1.165, 1.54) is 19.3 Å². The molecule has 4 fully saturated rings. The zero-order chi connectivity index (χ0) is 9.00. The second-order valence-electron chi connectivity index (χ2n) is 5.67. The fourth-order valence-corrected chi connectivity index (χ4v) is 4.59. The molecule has 0 heterocycles. The predicted octanol–water partition coefficient (Wildman–Crippen LogP) is 2.44. The van der Waals surface area contributed by atoms with Crippen LogP contribution >= 0.6 is 0 Å². The third-order valence-corrected chi connectivity index (χ3v) is 5.07. The Kier molecular flexibility index (Phi) is 1.74. The number of aliphatic hydroxyl groups excluding tert-OH is 1. The van der Waals surface area contributed by atoms with Gasteiger partial charge >= 0.3 is 0 Å². The third-order valence-electron chi connectivity index (χ3n) is 5.07. The van der Waals surface area contributed by atoms with Crippen LogP contribution in [0.3, 0.4) is 0 Å². The maximum Gasteiger partial charge on any atom is 0.0546 e. The van der Waals surface area contributed by atoms with Gasteiger partial charge in [-0.1, -0.05) is 6.92 Å². The molecule has 4 aliphatic carbocycles. The standard InChI is InChI=1S/C12H20O/c1-7-4-8-2-3-10(7)12-6-9(13)5-11(8)12/h7-13H,2-6H2,1H3/t7-,8?,9?,10-,11?,12?/m1/s1. The zero-order valence-electron chi connectivity index (χ0n) is 8.45. The zero-order valence-corrected chi connectivity index (χ0v) is 8.45. The quantitative estimate of drug-likeness (QED) is 0.607. The lowest BCUT2D eigenvalue weighted by atomic mass is 9.56. The van der Waals surface area contributed by atoms with Crippen molar-refractivity contribution in [3.05, 3.63) is 0 Å². The summed E-state index contributed by atoms with van der Waals surface area (Å²) in [6.07, 6.45) is 6.67. The first kappa shape index (κ1) is 8.28. The van der Waals surface area contributed by atoms with Gasteiger partial charge in [-0.15, -0.1) is 0 Å². The lowest BCUT2D eigenvalue weighted by Gasteiger charge is -2.49. The highest BCUT2D eigenvalue weighted by Crippen LogP contribution is 2.57. The highest BCUT2D eigenvalue weighted by molar-refractivity contribution is 5.00. The maximum absolute atomic E-state index is 9.71. The van der Waals surface area contributed by atoms with Crippen molar-refractivity contribution in [2.24, 2.45) is 29.6 Å². The average Bonchev–Trinajstić information content (AvgIpc) is 2.47. The van der Waals surface area contributed by atoms with Gasteiger partial charge in [-0.3, -0.25) is 0 Å². The number of hydrogen-bond acceptors (Lipinski definition) is 1.